The highest BCUT2D eigenvalue weighted by molar-refractivity contribution is 6.34. The monoisotopic (exact) mass is 500 g/mol. The molecule has 3 N–H and O–H groups in total. The molecule has 2 heterocycles. The highest BCUT2D eigenvalue weighted by Crippen LogP contribution is 2.51. The Morgan fingerprint density at radius 3 is 2.63 bits per heavy atom. The second-order valence-electron chi connectivity index (χ2n) is 8.51. The summed E-state index contributed by atoms with van der Waals surface area (Å²) in [6, 6.07) is 13.0. The minimum Gasteiger partial charge on any atom is -0.494 e. The topological polar surface area (TPSA) is 82.8 Å². The number of methoxy groups -OCH3 is 1. The van der Waals surface area contributed by atoms with Gasteiger partial charge in [-0.2, -0.15) is 0 Å². The molecule has 35 heavy (non-hydrogen) atoms. The van der Waals surface area contributed by atoms with Gasteiger partial charge in [0.25, 0.3) is 0 Å². The quantitative estimate of drug-likeness (QED) is 0.548. The van der Waals surface area contributed by atoms with Crippen molar-refractivity contribution in [3.05, 3.63) is 81.9 Å². The van der Waals surface area contributed by atoms with E-state index in [1.807, 2.05) is 30.3 Å². The van der Waals surface area contributed by atoms with E-state index in [0.717, 1.165) is 5.56 Å². The predicted molar refractivity (Wildman–Crippen MR) is 127 cm³/mol. The van der Waals surface area contributed by atoms with Gasteiger partial charge >= 0.3 is 0 Å². The second-order valence-corrected chi connectivity index (χ2v) is 8.89. The number of hydrogen-bond donors (Lipinski definition) is 2. The minimum absolute atomic E-state index is 0.0152. The number of nitrogens with two attached hydrogens (primary N) is 1. The first kappa shape index (κ1) is 23.5. The number of amides is 1. The Morgan fingerprint density at radius 1 is 1.20 bits per heavy atom. The number of morpholine rings is 1. The van der Waals surface area contributed by atoms with Gasteiger partial charge in [-0.3, -0.25) is 4.79 Å². The Balaban J connectivity index is 1.76. The van der Waals surface area contributed by atoms with E-state index in [2.05, 4.69) is 5.32 Å². The summed E-state index contributed by atoms with van der Waals surface area (Å²) in [7, 11) is 1.29. The molecule has 5 rings (SSSR count). The molecule has 6 nitrogen and oxygen atoms in total. The Bertz CT molecular complexity index is 1300. The molecule has 3 aromatic carbocycles. The van der Waals surface area contributed by atoms with Gasteiger partial charge in [-0.05, 0) is 17.7 Å². The van der Waals surface area contributed by atoms with E-state index in [1.165, 1.54) is 25.3 Å². The van der Waals surface area contributed by atoms with E-state index >= 15 is 8.78 Å². The lowest BCUT2D eigenvalue weighted by Crippen LogP contribution is -2.57. The molecule has 0 radical (unpaired) electrons. The van der Waals surface area contributed by atoms with Crippen LogP contribution in [-0.4, -0.2) is 38.8 Å². The largest absolute Gasteiger partial charge is 0.494 e. The molecular weight excluding hydrogens is 478 g/mol. The summed E-state index contributed by atoms with van der Waals surface area (Å²) in [6.45, 7) is 1.52. The van der Waals surface area contributed by atoms with E-state index in [9.17, 15) is 4.79 Å². The lowest BCUT2D eigenvalue weighted by Gasteiger charge is -2.39. The summed E-state index contributed by atoms with van der Waals surface area (Å²) in [5, 5.41) is 3.10. The fourth-order valence-corrected chi connectivity index (χ4v) is 5.23. The zero-order valence-electron chi connectivity index (χ0n) is 18.9. The normalized spacial score (nSPS) is 21.3. The number of carbonyl (C=O) groups is 1. The Hall–Kier alpha value is -3.20. The number of primary amides is 1. The van der Waals surface area contributed by atoms with Crippen molar-refractivity contribution in [3.63, 3.8) is 0 Å². The van der Waals surface area contributed by atoms with Crippen LogP contribution in [0.3, 0.4) is 0 Å². The van der Waals surface area contributed by atoms with Crippen LogP contribution >= 0.6 is 11.6 Å². The molecule has 9 heteroatoms. The van der Waals surface area contributed by atoms with Crippen molar-refractivity contribution in [1.29, 1.82) is 0 Å². The molecule has 2 atom stereocenters. The smallest absolute Gasteiger partial charge is 0.249 e. The van der Waals surface area contributed by atoms with Gasteiger partial charge in [0, 0.05) is 35.7 Å². The summed E-state index contributed by atoms with van der Waals surface area (Å²) in [6.07, 6.45) is 0.220. The average Bonchev–Trinajstić information content (AvgIpc) is 3.26. The van der Waals surface area contributed by atoms with Gasteiger partial charge in [-0.15, -0.1) is 0 Å². The molecule has 3 aromatic rings. The first-order valence-electron chi connectivity index (χ1n) is 11.1. The van der Waals surface area contributed by atoms with Gasteiger partial charge < -0.3 is 25.3 Å². The lowest BCUT2D eigenvalue weighted by atomic mass is 9.80. The van der Waals surface area contributed by atoms with Crippen LogP contribution in [-0.2, 0) is 16.8 Å². The van der Waals surface area contributed by atoms with E-state index in [4.69, 9.17) is 31.5 Å². The third-order valence-corrected chi connectivity index (χ3v) is 6.98. The molecule has 0 spiro atoms. The third-order valence-electron chi connectivity index (χ3n) is 6.61. The first-order valence-corrected chi connectivity index (χ1v) is 11.5. The number of carbonyl (C=O) groups excluding carboxylic acids is 1. The molecule has 2 aliphatic heterocycles. The van der Waals surface area contributed by atoms with Crippen molar-refractivity contribution in [2.75, 3.05) is 26.9 Å². The number of fused-ring (bicyclic) bond motifs is 1. The average molecular weight is 501 g/mol. The molecule has 182 valence electrons. The number of hydrogen-bond acceptors (Lipinski definition) is 5. The number of ether oxygens (including phenoxy) is 3. The Labute approximate surface area is 205 Å². The predicted octanol–water partition coefficient (Wildman–Crippen LogP) is 4.21. The third kappa shape index (κ3) is 3.82. The van der Waals surface area contributed by atoms with Crippen molar-refractivity contribution in [1.82, 2.24) is 5.32 Å². The summed E-state index contributed by atoms with van der Waals surface area (Å²) < 4.78 is 48.1. The standard InChI is InChI=1S/C26H23ClF2N2O4/c1-33-18-8-7-15(25(30)32)22(24(18)29)21-16-12-26(14-5-3-2-4-6-14,20-13-34-10-9-31-20)35-19(16)11-17(28)23(21)27/h2-8,11,20,31H,9-10,12-13H2,1H3,(H2,30,32)/t20-,26-/m0/s1. The minimum atomic E-state index is -0.988. The summed E-state index contributed by atoms with van der Waals surface area (Å²) in [4.78, 5) is 12.3. The molecule has 1 fully saturated rings. The fourth-order valence-electron chi connectivity index (χ4n) is 4.97. The van der Waals surface area contributed by atoms with Crippen LogP contribution in [0.15, 0.2) is 48.5 Å². The number of nitrogens with one attached hydrogen (secondary N) is 1. The van der Waals surface area contributed by atoms with Crippen LogP contribution in [0.2, 0.25) is 5.02 Å². The van der Waals surface area contributed by atoms with Crippen molar-refractivity contribution in [3.8, 4) is 22.6 Å². The van der Waals surface area contributed by atoms with Crippen LogP contribution in [0.5, 0.6) is 11.5 Å². The van der Waals surface area contributed by atoms with Gasteiger partial charge in [0.2, 0.25) is 5.91 Å². The summed E-state index contributed by atoms with van der Waals surface area (Å²) in [5.41, 5.74) is 5.52. The van der Waals surface area contributed by atoms with E-state index in [0.29, 0.717) is 25.3 Å². The van der Waals surface area contributed by atoms with Crippen LogP contribution in [0, 0.1) is 11.6 Å². The lowest BCUT2D eigenvalue weighted by molar-refractivity contribution is -0.0260. The molecule has 0 bridgehead atoms. The van der Waals surface area contributed by atoms with Crippen molar-refractivity contribution >= 4 is 17.5 Å². The maximum absolute atomic E-state index is 15.6. The molecule has 1 saturated heterocycles. The van der Waals surface area contributed by atoms with Gasteiger partial charge in [0.05, 0.1) is 37.0 Å². The number of benzene rings is 3. The van der Waals surface area contributed by atoms with Crippen LogP contribution < -0.4 is 20.5 Å². The zero-order chi connectivity index (χ0) is 24.7. The maximum atomic E-state index is 15.6. The van der Waals surface area contributed by atoms with Crippen LogP contribution in [0.4, 0.5) is 8.78 Å². The molecular formula is C26H23ClF2N2O4. The fraction of sp³-hybridized carbons (Fsp3) is 0.269. The molecule has 2 aliphatic rings. The van der Waals surface area contributed by atoms with Crippen molar-refractivity contribution < 1.29 is 27.8 Å². The summed E-state index contributed by atoms with van der Waals surface area (Å²) >= 11 is 6.45. The molecule has 1 amide bonds. The van der Waals surface area contributed by atoms with Crippen LogP contribution in [0.1, 0.15) is 21.5 Å². The second kappa shape index (κ2) is 9.11. The Morgan fingerprint density at radius 2 is 1.97 bits per heavy atom. The maximum Gasteiger partial charge on any atom is 0.249 e. The van der Waals surface area contributed by atoms with E-state index in [-0.39, 0.29) is 45.7 Å². The first-order chi connectivity index (χ1) is 16.9. The highest BCUT2D eigenvalue weighted by atomic mass is 35.5. The van der Waals surface area contributed by atoms with E-state index in [1.54, 1.807) is 0 Å². The Kier molecular flexibility index (Phi) is 6.13. The number of rotatable bonds is 5. The van der Waals surface area contributed by atoms with Crippen molar-refractivity contribution in [2.45, 2.75) is 18.1 Å². The van der Waals surface area contributed by atoms with Gasteiger partial charge in [-0.1, -0.05) is 41.9 Å². The van der Waals surface area contributed by atoms with Gasteiger partial charge in [0.1, 0.15) is 11.6 Å². The van der Waals surface area contributed by atoms with Crippen LogP contribution in [0.25, 0.3) is 11.1 Å². The van der Waals surface area contributed by atoms with Crippen molar-refractivity contribution in [2.24, 2.45) is 5.73 Å². The molecule has 0 unspecified atom stereocenters. The van der Waals surface area contributed by atoms with E-state index < -0.39 is 23.1 Å². The van der Waals surface area contributed by atoms with Gasteiger partial charge in [0.15, 0.2) is 17.2 Å². The van der Waals surface area contributed by atoms with Gasteiger partial charge in [-0.25, -0.2) is 8.78 Å². The summed E-state index contributed by atoms with van der Waals surface area (Å²) in [5.74, 6) is -2.48. The SMILES string of the molecule is COc1ccc(C(N)=O)c(-c2c(Cl)c(F)cc3c2C[C@](c2ccccc2)([C@@H]2COCCN2)O3)c1F. The zero-order valence-corrected chi connectivity index (χ0v) is 19.6. The molecule has 0 aromatic heterocycles. The highest BCUT2D eigenvalue weighted by Gasteiger charge is 2.50. The molecule has 0 saturated carbocycles. The molecule has 0 aliphatic carbocycles. The number of halogens is 3.